The standard InChI is InChI=1S/C16H28N4/c1-6-13-9-7-8-10-20(13)15-11-14(17-12(2)18-15)19-16(3,4)5/h11,13H,6-10H2,1-5H3,(H,17,18,19). The van der Waals surface area contributed by atoms with Crippen molar-refractivity contribution in [3.8, 4) is 0 Å². The average Bonchev–Trinajstić information content (AvgIpc) is 2.36. The second kappa shape index (κ2) is 5.98. The molecule has 1 unspecified atom stereocenters. The monoisotopic (exact) mass is 276 g/mol. The van der Waals surface area contributed by atoms with Crippen molar-refractivity contribution in [2.24, 2.45) is 0 Å². The van der Waals surface area contributed by atoms with Crippen molar-refractivity contribution in [1.29, 1.82) is 0 Å². The van der Waals surface area contributed by atoms with Crippen LogP contribution < -0.4 is 10.2 Å². The molecule has 1 N–H and O–H groups in total. The number of aromatic nitrogens is 2. The summed E-state index contributed by atoms with van der Waals surface area (Å²) < 4.78 is 0. The highest BCUT2D eigenvalue weighted by molar-refractivity contribution is 5.51. The van der Waals surface area contributed by atoms with Crippen LogP contribution in [0.2, 0.25) is 0 Å². The van der Waals surface area contributed by atoms with Crippen LogP contribution in [0, 0.1) is 6.92 Å². The van der Waals surface area contributed by atoms with Crippen LogP contribution in [0.15, 0.2) is 6.07 Å². The molecule has 112 valence electrons. The van der Waals surface area contributed by atoms with Crippen molar-refractivity contribution in [2.75, 3.05) is 16.8 Å². The van der Waals surface area contributed by atoms with E-state index in [0.29, 0.717) is 6.04 Å². The Labute approximate surface area is 123 Å². The van der Waals surface area contributed by atoms with E-state index < -0.39 is 0 Å². The van der Waals surface area contributed by atoms with Gasteiger partial charge < -0.3 is 10.2 Å². The summed E-state index contributed by atoms with van der Waals surface area (Å²) in [6.45, 7) is 11.8. The van der Waals surface area contributed by atoms with Gasteiger partial charge in [-0.15, -0.1) is 0 Å². The smallest absolute Gasteiger partial charge is 0.134 e. The normalized spacial score (nSPS) is 20.1. The molecule has 1 atom stereocenters. The SMILES string of the molecule is CCC1CCCCN1c1cc(NC(C)(C)C)nc(C)n1. The Balaban J connectivity index is 2.26. The second-order valence-electron chi connectivity index (χ2n) is 6.78. The first-order valence-corrected chi connectivity index (χ1v) is 7.79. The fraction of sp³-hybridized carbons (Fsp3) is 0.750. The number of hydrogen-bond acceptors (Lipinski definition) is 4. The van der Waals surface area contributed by atoms with Gasteiger partial charge in [-0.25, -0.2) is 9.97 Å². The maximum absolute atomic E-state index is 4.66. The molecule has 0 saturated carbocycles. The largest absolute Gasteiger partial charge is 0.365 e. The molecule has 4 nitrogen and oxygen atoms in total. The van der Waals surface area contributed by atoms with Crippen molar-refractivity contribution < 1.29 is 0 Å². The Morgan fingerprint density at radius 1 is 1.30 bits per heavy atom. The molecule has 0 aliphatic carbocycles. The third-order valence-electron chi connectivity index (χ3n) is 3.72. The molecular formula is C16H28N4. The van der Waals surface area contributed by atoms with Crippen molar-refractivity contribution in [3.63, 3.8) is 0 Å². The zero-order valence-electron chi connectivity index (χ0n) is 13.5. The highest BCUT2D eigenvalue weighted by Gasteiger charge is 2.23. The molecule has 0 spiro atoms. The summed E-state index contributed by atoms with van der Waals surface area (Å²) in [6.07, 6.45) is 5.07. The lowest BCUT2D eigenvalue weighted by Gasteiger charge is -2.36. The van der Waals surface area contributed by atoms with Crippen LogP contribution in [0.3, 0.4) is 0 Å². The minimum absolute atomic E-state index is 0.0180. The van der Waals surface area contributed by atoms with Gasteiger partial charge in [-0.3, -0.25) is 0 Å². The molecule has 1 aliphatic heterocycles. The molecule has 4 heteroatoms. The minimum atomic E-state index is 0.0180. The highest BCUT2D eigenvalue weighted by Crippen LogP contribution is 2.27. The van der Waals surface area contributed by atoms with Gasteiger partial charge in [-0.2, -0.15) is 0 Å². The van der Waals surface area contributed by atoms with Crippen molar-refractivity contribution in [1.82, 2.24) is 9.97 Å². The third-order valence-corrected chi connectivity index (χ3v) is 3.72. The molecule has 1 aliphatic rings. The van der Waals surface area contributed by atoms with E-state index in [0.717, 1.165) is 24.0 Å². The Bertz CT molecular complexity index is 450. The third kappa shape index (κ3) is 3.84. The molecule has 0 bridgehead atoms. The van der Waals surface area contributed by atoms with E-state index in [2.05, 4.69) is 53.9 Å². The maximum Gasteiger partial charge on any atom is 0.134 e. The molecule has 1 fully saturated rings. The lowest BCUT2D eigenvalue weighted by atomic mass is 10.00. The number of anilines is 2. The predicted molar refractivity (Wildman–Crippen MR) is 85.4 cm³/mol. The van der Waals surface area contributed by atoms with E-state index >= 15 is 0 Å². The summed E-state index contributed by atoms with van der Waals surface area (Å²) >= 11 is 0. The van der Waals surface area contributed by atoms with E-state index in [4.69, 9.17) is 0 Å². The van der Waals surface area contributed by atoms with Gasteiger partial charge in [-0.1, -0.05) is 6.92 Å². The van der Waals surface area contributed by atoms with E-state index in [1.54, 1.807) is 0 Å². The fourth-order valence-electron chi connectivity index (χ4n) is 2.87. The van der Waals surface area contributed by atoms with E-state index in [-0.39, 0.29) is 5.54 Å². The Morgan fingerprint density at radius 2 is 2.05 bits per heavy atom. The number of aryl methyl sites for hydroxylation is 1. The number of rotatable bonds is 3. The van der Waals surface area contributed by atoms with Crippen LogP contribution in [-0.2, 0) is 0 Å². The van der Waals surface area contributed by atoms with Crippen molar-refractivity contribution in [3.05, 3.63) is 11.9 Å². The van der Waals surface area contributed by atoms with E-state index in [1.165, 1.54) is 25.7 Å². The second-order valence-corrected chi connectivity index (χ2v) is 6.78. The van der Waals surface area contributed by atoms with Gasteiger partial charge in [0.2, 0.25) is 0 Å². The Morgan fingerprint density at radius 3 is 2.70 bits per heavy atom. The van der Waals surface area contributed by atoms with Crippen LogP contribution in [-0.4, -0.2) is 28.1 Å². The van der Waals surface area contributed by atoms with Crippen molar-refractivity contribution >= 4 is 11.6 Å². The molecule has 1 saturated heterocycles. The molecular weight excluding hydrogens is 248 g/mol. The zero-order valence-corrected chi connectivity index (χ0v) is 13.5. The first-order valence-electron chi connectivity index (χ1n) is 7.79. The molecule has 1 aromatic rings. The molecule has 0 radical (unpaired) electrons. The molecule has 20 heavy (non-hydrogen) atoms. The van der Waals surface area contributed by atoms with Crippen LogP contribution in [0.25, 0.3) is 0 Å². The average molecular weight is 276 g/mol. The summed E-state index contributed by atoms with van der Waals surface area (Å²) in [5.74, 6) is 2.85. The number of nitrogens with zero attached hydrogens (tertiary/aromatic N) is 3. The molecule has 1 aromatic heterocycles. The predicted octanol–water partition coefficient (Wildman–Crippen LogP) is 3.76. The lowest BCUT2D eigenvalue weighted by Crippen LogP contribution is -2.40. The van der Waals surface area contributed by atoms with Gasteiger partial charge in [0.05, 0.1) is 0 Å². The van der Waals surface area contributed by atoms with Gasteiger partial charge in [0.1, 0.15) is 17.5 Å². The Hall–Kier alpha value is -1.32. The number of hydrogen-bond donors (Lipinski definition) is 1. The summed E-state index contributed by atoms with van der Waals surface area (Å²) in [7, 11) is 0. The molecule has 2 heterocycles. The number of piperidine rings is 1. The highest BCUT2D eigenvalue weighted by atomic mass is 15.2. The number of nitrogens with one attached hydrogen (secondary N) is 1. The van der Waals surface area contributed by atoms with Crippen LogP contribution >= 0.6 is 0 Å². The Kier molecular flexibility index (Phi) is 4.51. The van der Waals surface area contributed by atoms with Crippen molar-refractivity contribution in [2.45, 2.75) is 71.9 Å². The van der Waals surface area contributed by atoms with Crippen LogP contribution in [0.1, 0.15) is 59.2 Å². The van der Waals surface area contributed by atoms with Crippen LogP contribution in [0.5, 0.6) is 0 Å². The van der Waals surface area contributed by atoms with Crippen LogP contribution in [0.4, 0.5) is 11.6 Å². The molecule has 2 rings (SSSR count). The first kappa shape index (κ1) is 15.1. The quantitative estimate of drug-likeness (QED) is 0.912. The van der Waals surface area contributed by atoms with Gasteiger partial charge in [0.15, 0.2) is 0 Å². The maximum atomic E-state index is 4.66. The fourth-order valence-corrected chi connectivity index (χ4v) is 2.87. The summed E-state index contributed by atoms with van der Waals surface area (Å²) in [6, 6.07) is 2.73. The van der Waals surface area contributed by atoms with E-state index in [9.17, 15) is 0 Å². The first-order chi connectivity index (χ1) is 9.39. The summed E-state index contributed by atoms with van der Waals surface area (Å²) in [4.78, 5) is 11.6. The topological polar surface area (TPSA) is 41.0 Å². The lowest BCUT2D eigenvalue weighted by molar-refractivity contribution is 0.446. The zero-order chi connectivity index (χ0) is 14.8. The summed E-state index contributed by atoms with van der Waals surface area (Å²) in [5.41, 5.74) is 0.0180. The van der Waals surface area contributed by atoms with Gasteiger partial charge >= 0.3 is 0 Å². The van der Waals surface area contributed by atoms with Gasteiger partial charge in [-0.05, 0) is 53.4 Å². The van der Waals surface area contributed by atoms with Gasteiger partial charge in [0, 0.05) is 24.2 Å². The summed E-state index contributed by atoms with van der Waals surface area (Å²) in [5, 5.41) is 3.46. The van der Waals surface area contributed by atoms with E-state index in [1.807, 2.05) is 6.92 Å². The molecule has 0 amide bonds. The minimum Gasteiger partial charge on any atom is -0.365 e. The molecule has 0 aromatic carbocycles. The van der Waals surface area contributed by atoms with Gasteiger partial charge in [0.25, 0.3) is 0 Å².